The average Bonchev–Trinajstić information content (AvgIpc) is 2.85. The maximum atomic E-state index is 12.3. The minimum absolute atomic E-state index is 0.0391. The molecule has 0 bridgehead atoms. The standard InChI is InChI=1S/C12H15F3N2O3/c1-7(10(18)12(13,14)15)11-16-9(17-20-11)6-8-4-2-3-5-19-8/h7-8H,2-6H2,1H3. The number of ketones is 1. The number of ether oxygens (including phenoxy) is 1. The van der Waals surface area contributed by atoms with Gasteiger partial charge in [0.1, 0.15) is 5.92 Å². The summed E-state index contributed by atoms with van der Waals surface area (Å²) in [6.07, 6.45) is -1.65. The smallest absolute Gasteiger partial charge is 0.378 e. The highest BCUT2D eigenvalue weighted by Crippen LogP contribution is 2.26. The SMILES string of the molecule is CC(C(=O)C(F)(F)F)c1nc(CC2CCCCO2)no1. The van der Waals surface area contributed by atoms with Crippen LogP contribution in [0.1, 0.15) is 43.8 Å². The molecule has 0 radical (unpaired) electrons. The van der Waals surface area contributed by atoms with E-state index in [1.807, 2.05) is 0 Å². The molecule has 1 aromatic heterocycles. The fraction of sp³-hybridized carbons (Fsp3) is 0.750. The summed E-state index contributed by atoms with van der Waals surface area (Å²) in [5.41, 5.74) is 0. The zero-order valence-electron chi connectivity index (χ0n) is 10.9. The zero-order valence-corrected chi connectivity index (χ0v) is 10.9. The third-order valence-electron chi connectivity index (χ3n) is 3.21. The quantitative estimate of drug-likeness (QED) is 0.852. The lowest BCUT2D eigenvalue weighted by Gasteiger charge is -2.20. The second-order valence-electron chi connectivity index (χ2n) is 4.83. The third kappa shape index (κ3) is 3.56. The van der Waals surface area contributed by atoms with Gasteiger partial charge in [0, 0.05) is 13.0 Å². The average molecular weight is 292 g/mol. The number of halogens is 3. The fourth-order valence-electron chi connectivity index (χ4n) is 2.06. The molecule has 0 saturated carbocycles. The van der Waals surface area contributed by atoms with Gasteiger partial charge in [-0.3, -0.25) is 4.79 Å². The predicted octanol–water partition coefficient (Wildman–Crippen LogP) is 2.42. The number of rotatable bonds is 4. The lowest BCUT2D eigenvalue weighted by atomic mass is 10.1. The lowest BCUT2D eigenvalue weighted by Crippen LogP contribution is -2.28. The summed E-state index contributed by atoms with van der Waals surface area (Å²) in [6.45, 7) is 1.77. The Labute approximate surface area is 113 Å². The summed E-state index contributed by atoms with van der Waals surface area (Å²) < 4.78 is 47.1. The molecule has 20 heavy (non-hydrogen) atoms. The minimum atomic E-state index is -4.90. The van der Waals surface area contributed by atoms with Gasteiger partial charge < -0.3 is 9.26 Å². The van der Waals surface area contributed by atoms with Crippen molar-refractivity contribution in [3.8, 4) is 0 Å². The van der Waals surface area contributed by atoms with Gasteiger partial charge in [0.2, 0.25) is 11.7 Å². The predicted molar refractivity (Wildman–Crippen MR) is 61.1 cm³/mol. The highest BCUT2D eigenvalue weighted by molar-refractivity contribution is 5.89. The van der Waals surface area contributed by atoms with E-state index in [9.17, 15) is 18.0 Å². The Morgan fingerprint density at radius 1 is 1.45 bits per heavy atom. The topological polar surface area (TPSA) is 65.2 Å². The number of hydrogen-bond acceptors (Lipinski definition) is 5. The van der Waals surface area contributed by atoms with Crippen LogP contribution in [0.5, 0.6) is 0 Å². The molecular formula is C12H15F3N2O3. The van der Waals surface area contributed by atoms with Crippen LogP contribution in [-0.4, -0.2) is 34.8 Å². The number of Topliss-reactive ketones (excluding diaryl/α,β-unsaturated/α-hetero) is 1. The Kier molecular flexibility index (Phi) is 4.42. The van der Waals surface area contributed by atoms with E-state index in [4.69, 9.17) is 9.26 Å². The number of alkyl halides is 3. The van der Waals surface area contributed by atoms with Crippen molar-refractivity contribution < 1.29 is 27.2 Å². The lowest BCUT2D eigenvalue weighted by molar-refractivity contribution is -0.172. The first-order valence-corrected chi connectivity index (χ1v) is 6.43. The van der Waals surface area contributed by atoms with E-state index in [0.29, 0.717) is 13.0 Å². The molecule has 2 atom stereocenters. The van der Waals surface area contributed by atoms with Crippen molar-refractivity contribution in [2.24, 2.45) is 0 Å². The van der Waals surface area contributed by atoms with Crippen LogP contribution < -0.4 is 0 Å². The van der Waals surface area contributed by atoms with Crippen molar-refractivity contribution in [2.75, 3.05) is 6.61 Å². The molecule has 0 N–H and O–H groups in total. The highest BCUT2D eigenvalue weighted by atomic mass is 19.4. The van der Waals surface area contributed by atoms with Gasteiger partial charge in [-0.25, -0.2) is 0 Å². The van der Waals surface area contributed by atoms with Crippen LogP contribution in [0, 0.1) is 0 Å². The van der Waals surface area contributed by atoms with Crippen LogP contribution in [0.25, 0.3) is 0 Å². The first-order chi connectivity index (χ1) is 9.38. The van der Waals surface area contributed by atoms with Gasteiger partial charge >= 0.3 is 6.18 Å². The molecule has 0 aliphatic carbocycles. The molecule has 2 heterocycles. The number of carbonyl (C=O) groups is 1. The van der Waals surface area contributed by atoms with Crippen molar-refractivity contribution in [1.82, 2.24) is 10.1 Å². The van der Waals surface area contributed by atoms with E-state index < -0.39 is 17.9 Å². The van der Waals surface area contributed by atoms with Crippen molar-refractivity contribution in [2.45, 2.75) is 50.8 Å². The first kappa shape index (κ1) is 15.0. The minimum Gasteiger partial charge on any atom is -0.378 e. The summed E-state index contributed by atoms with van der Waals surface area (Å²) in [4.78, 5) is 14.9. The largest absolute Gasteiger partial charge is 0.450 e. The summed E-state index contributed by atoms with van der Waals surface area (Å²) in [6, 6.07) is 0. The highest BCUT2D eigenvalue weighted by Gasteiger charge is 2.44. The number of aromatic nitrogens is 2. The first-order valence-electron chi connectivity index (χ1n) is 6.43. The van der Waals surface area contributed by atoms with Gasteiger partial charge in [-0.1, -0.05) is 5.16 Å². The van der Waals surface area contributed by atoms with E-state index in [2.05, 4.69) is 10.1 Å². The van der Waals surface area contributed by atoms with Crippen LogP contribution in [-0.2, 0) is 16.0 Å². The maximum absolute atomic E-state index is 12.3. The van der Waals surface area contributed by atoms with Crippen molar-refractivity contribution in [3.05, 3.63) is 11.7 Å². The molecule has 8 heteroatoms. The molecule has 1 saturated heterocycles. The zero-order chi connectivity index (χ0) is 14.8. The van der Waals surface area contributed by atoms with Gasteiger partial charge in [0.25, 0.3) is 0 Å². The maximum Gasteiger partial charge on any atom is 0.450 e. The van der Waals surface area contributed by atoms with Crippen molar-refractivity contribution >= 4 is 5.78 Å². The second-order valence-corrected chi connectivity index (χ2v) is 4.83. The van der Waals surface area contributed by atoms with E-state index >= 15 is 0 Å². The van der Waals surface area contributed by atoms with E-state index in [-0.39, 0.29) is 17.8 Å². The molecule has 1 aromatic rings. The molecule has 112 valence electrons. The van der Waals surface area contributed by atoms with E-state index in [1.165, 1.54) is 0 Å². The molecule has 0 spiro atoms. The van der Waals surface area contributed by atoms with E-state index in [0.717, 1.165) is 26.2 Å². The Balaban J connectivity index is 1.99. The number of nitrogens with zero attached hydrogens (tertiary/aromatic N) is 2. The Morgan fingerprint density at radius 3 is 2.80 bits per heavy atom. The molecule has 1 fully saturated rings. The molecule has 2 unspecified atom stereocenters. The summed E-state index contributed by atoms with van der Waals surface area (Å²) in [5, 5.41) is 3.61. The molecular weight excluding hydrogens is 277 g/mol. The van der Waals surface area contributed by atoms with Crippen molar-refractivity contribution in [3.63, 3.8) is 0 Å². The Morgan fingerprint density at radius 2 is 2.20 bits per heavy atom. The fourth-order valence-corrected chi connectivity index (χ4v) is 2.06. The normalized spacial score (nSPS) is 21.7. The molecule has 0 aromatic carbocycles. The van der Waals surface area contributed by atoms with Gasteiger partial charge in [0.15, 0.2) is 5.82 Å². The summed E-state index contributed by atoms with van der Waals surface area (Å²) >= 11 is 0. The van der Waals surface area contributed by atoms with Crippen LogP contribution in [0.2, 0.25) is 0 Å². The van der Waals surface area contributed by atoms with Crippen LogP contribution >= 0.6 is 0 Å². The van der Waals surface area contributed by atoms with Gasteiger partial charge in [-0.15, -0.1) is 0 Å². The monoisotopic (exact) mass is 292 g/mol. The molecule has 1 aliphatic rings. The second kappa shape index (κ2) is 5.90. The van der Waals surface area contributed by atoms with Gasteiger partial charge in [-0.05, 0) is 26.2 Å². The van der Waals surface area contributed by atoms with Crippen LogP contribution in [0.3, 0.4) is 0 Å². The third-order valence-corrected chi connectivity index (χ3v) is 3.21. The molecule has 1 aliphatic heterocycles. The van der Waals surface area contributed by atoms with Gasteiger partial charge in [-0.2, -0.15) is 18.2 Å². The number of carbonyl (C=O) groups excluding carboxylic acids is 1. The molecule has 2 rings (SSSR count). The van der Waals surface area contributed by atoms with Crippen LogP contribution in [0.4, 0.5) is 13.2 Å². The number of hydrogen-bond donors (Lipinski definition) is 0. The summed E-state index contributed by atoms with van der Waals surface area (Å²) in [5.74, 6) is -3.41. The van der Waals surface area contributed by atoms with Crippen molar-refractivity contribution in [1.29, 1.82) is 0 Å². The van der Waals surface area contributed by atoms with Crippen LogP contribution in [0.15, 0.2) is 4.52 Å². The Hall–Kier alpha value is -1.44. The van der Waals surface area contributed by atoms with E-state index in [1.54, 1.807) is 0 Å². The van der Waals surface area contributed by atoms with Gasteiger partial charge in [0.05, 0.1) is 6.10 Å². The summed E-state index contributed by atoms with van der Waals surface area (Å²) in [7, 11) is 0. The molecule has 5 nitrogen and oxygen atoms in total. The Bertz CT molecular complexity index is 467. The molecule has 0 amide bonds.